The quantitative estimate of drug-likeness (QED) is 0.586. The number of hydrogen-bond donors (Lipinski definition) is 0. The molecule has 0 N–H and O–H groups in total. The van der Waals surface area contributed by atoms with Gasteiger partial charge in [0.1, 0.15) is 17.3 Å². The molecule has 0 saturated heterocycles. The molecule has 1 atom stereocenters. The van der Waals surface area contributed by atoms with Gasteiger partial charge < -0.3 is 14.2 Å². The van der Waals surface area contributed by atoms with E-state index in [0.29, 0.717) is 28.2 Å². The summed E-state index contributed by atoms with van der Waals surface area (Å²) < 4.78 is 29.4. The van der Waals surface area contributed by atoms with Gasteiger partial charge in [-0.3, -0.25) is 4.79 Å². The van der Waals surface area contributed by atoms with Crippen molar-refractivity contribution in [2.75, 3.05) is 6.61 Å². The topological polar surface area (TPSA) is 61.8 Å². The molecule has 5 nitrogen and oxygen atoms in total. The maximum atomic E-state index is 13.0. The summed E-state index contributed by atoms with van der Waals surface area (Å²) in [6.07, 6.45) is 0.774. The third-order valence-electron chi connectivity index (χ3n) is 4.13. The van der Waals surface area contributed by atoms with E-state index < -0.39 is 12.1 Å². The predicted molar refractivity (Wildman–Crippen MR) is 97.2 cm³/mol. The van der Waals surface area contributed by atoms with Crippen LogP contribution >= 0.6 is 0 Å². The number of ether oxygens (including phenoxy) is 3. The SMILES string of the molecule is CCOC(=O)C(C)Oc1ccc2c(c1C)O/C(=C\c1ccc(F)cc1)C2=O. The summed E-state index contributed by atoms with van der Waals surface area (Å²) in [7, 11) is 0. The van der Waals surface area contributed by atoms with Crippen molar-refractivity contribution in [2.24, 2.45) is 0 Å². The number of halogens is 1. The second kappa shape index (κ2) is 7.61. The molecular formula is C21H19FO5. The Kier molecular flexibility index (Phi) is 5.26. The zero-order valence-corrected chi connectivity index (χ0v) is 15.2. The molecule has 2 aromatic carbocycles. The van der Waals surface area contributed by atoms with Crippen LogP contribution in [0.15, 0.2) is 42.2 Å². The van der Waals surface area contributed by atoms with Crippen molar-refractivity contribution in [1.29, 1.82) is 0 Å². The van der Waals surface area contributed by atoms with Crippen molar-refractivity contribution < 1.29 is 28.2 Å². The molecule has 27 heavy (non-hydrogen) atoms. The highest BCUT2D eigenvalue weighted by Gasteiger charge is 2.30. The van der Waals surface area contributed by atoms with Gasteiger partial charge in [0.15, 0.2) is 11.9 Å². The Morgan fingerprint density at radius 3 is 2.59 bits per heavy atom. The van der Waals surface area contributed by atoms with E-state index in [1.807, 2.05) is 0 Å². The fourth-order valence-corrected chi connectivity index (χ4v) is 2.70. The number of benzene rings is 2. The van der Waals surface area contributed by atoms with Crippen molar-refractivity contribution in [1.82, 2.24) is 0 Å². The van der Waals surface area contributed by atoms with Crippen LogP contribution in [-0.4, -0.2) is 24.5 Å². The van der Waals surface area contributed by atoms with Crippen molar-refractivity contribution >= 4 is 17.8 Å². The highest BCUT2D eigenvalue weighted by Crippen LogP contribution is 2.39. The van der Waals surface area contributed by atoms with E-state index in [1.165, 1.54) is 12.1 Å². The Hall–Kier alpha value is -3.15. The second-order valence-electron chi connectivity index (χ2n) is 6.07. The van der Waals surface area contributed by atoms with E-state index in [1.54, 1.807) is 51.1 Å². The number of fused-ring (bicyclic) bond motifs is 1. The Balaban J connectivity index is 1.85. The van der Waals surface area contributed by atoms with E-state index in [0.717, 1.165) is 0 Å². The molecule has 3 rings (SSSR count). The van der Waals surface area contributed by atoms with Crippen molar-refractivity contribution in [3.8, 4) is 11.5 Å². The molecule has 0 radical (unpaired) electrons. The minimum absolute atomic E-state index is 0.148. The normalized spacial score (nSPS) is 15.3. The van der Waals surface area contributed by atoms with Crippen LogP contribution in [0.3, 0.4) is 0 Å². The molecule has 0 aliphatic carbocycles. The lowest BCUT2D eigenvalue weighted by atomic mass is 10.1. The van der Waals surface area contributed by atoms with Gasteiger partial charge in [-0.2, -0.15) is 0 Å². The molecule has 0 saturated carbocycles. The van der Waals surface area contributed by atoms with Gasteiger partial charge in [0.05, 0.1) is 12.2 Å². The molecule has 0 aromatic heterocycles. The van der Waals surface area contributed by atoms with E-state index >= 15 is 0 Å². The first-order chi connectivity index (χ1) is 12.9. The van der Waals surface area contributed by atoms with Crippen LogP contribution in [0, 0.1) is 12.7 Å². The first-order valence-electron chi connectivity index (χ1n) is 8.57. The summed E-state index contributed by atoms with van der Waals surface area (Å²) >= 11 is 0. The van der Waals surface area contributed by atoms with Crippen LogP contribution in [0.5, 0.6) is 11.5 Å². The predicted octanol–water partition coefficient (Wildman–Crippen LogP) is 4.08. The van der Waals surface area contributed by atoms with Gasteiger partial charge in [-0.15, -0.1) is 0 Å². The molecule has 1 unspecified atom stereocenters. The average molecular weight is 370 g/mol. The van der Waals surface area contributed by atoms with Gasteiger partial charge in [-0.1, -0.05) is 12.1 Å². The van der Waals surface area contributed by atoms with Gasteiger partial charge in [0.2, 0.25) is 5.78 Å². The van der Waals surface area contributed by atoms with Crippen LogP contribution in [-0.2, 0) is 9.53 Å². The number of rotatable bonds is 5. The number of ketones is 1. The summed E-state index contributed by atoms with van der Waals surface area (Å²) in [6, 6.07) is 8.98. The van der Waals surface area contributed by atoms with Crippen molar-refractivity contribution in [3.05, 3.63) is 64.7 Å². The Bertz CT molecular complexity index is 915. The zero-order valence-electron chi connectivity index (χ0n) is 15.2. The smallest absolute Gasteiger partial charge is 0.347 e. The number of carbonyl (C=O) groups is 2. The maximum Gasteiger partial charge on any atom is 0.347 e. The van der Waals surface area contributed by atoms with Gasteiger partial charge in [-0.25, -0.2) is 9.18 Å². The molecule has 1 heterocycles. The van der Waals surface area contributed by atoms with Gasteiger partial charge >= 0.3 is 5.97 Å². The monoisotopic (exact) mass is 370 g/mol. The molecule has 1 aliphatic heterocycles. The molecule has 0 fully saturated rings. The van der Waals surface area contributed by atoms with Crippen LogP contribution in [0.25, 0.3) is 6.08 Å². The maximum absolute atomic E-state index is 13.0. The summed E-state index contributed by atoms with van der Waals surface area (Å²) in [5.74, 6) is -0.108. The molecule has 0 amide bonds. The minimum Gasteiger partial charge on any atom is -0.479 e. The fourth-order valence-electron chi connectivity index (χ4n) is 2.70. The van der Waals surface area contributed by atoms with Crippen molar-refractivity contribution in [2.45, 2.75) is 26.9 Å². The molecule has 0 bridgehead atoms. The number of hydrogen-bond acceptors (Lipinski definition) is 5. The van der Waals surface area contributed by atoms with Crippen LogP contribution in [0.4, 0.5) is 4.39 Å². The lowest BCUT2D eigenvalue weighted by molar-refractivity contribution is -0.150. The Labute approximate surface area is 156 Å². The largest absolute Gasteiger partial charge is 0.479 e. The summed E-state index contributed by atoms with van der Waals surface area (Å²) in [6.45, 7) is 5.33. The first-order valence-corrected chi connectivity index (χ1v) is 8.57. The summed E-state index contributed by atoms with van der Waals surface area (Å²) in [5.41, 5.74) is 1.68. The molecule has 0 spiro atoms. The highest BCUT2D eigenvalue weighted by molar-refractivity contribution is 6.14. The summed E-state index contributed by atoms with van der Waals surface area (Å²) in [5, 5.41) is 0. The lowest BCUT2D eigenvalue weighted by Gasteiger charge is -2.16. The third-order valence-corrected chi connectivity index (χ3v) is 4.13. The lowest BCUT2D eigenvalue weighted by Crippen LogP contribution is -2.26. The van der Waals surface area contributed by atoms with Crippen molar-refractivity contribution in [3.63, 3.8) is 0 Å². The standard InChI is InChI=1S/C21H19FO5/c1-4-25-21(24)13(3)26-17-10-9-16-19(23)18(27-20(16)12(17)2)11-14-5-7-15(22)8-6-14/h5-11,13H,4H2,1-3H3/b18-11-. The van der Waals surface area contributed by atoms with Crippen LogP contribution < -0.4 is 9.47 Å². The Morgan fingerprint density at radius 1 is 1.22 bits per heavy atom. The third kappa shape index (κ3) is 3.84. The molecule has 6 heteroatoms. The second-order valence-corrected chi connectivity index (χ2v) is 6.07. The number of carbonyl (C=O) groups excluding carboxylic acids is 2. The number of esters is 1. The summed E-state index contributed by atoms with van der Waals surface area (Å²) in [4.78, 5) is 24.3. The van der Waals surface area contributed by atoms with Gasteiger partial charge in [0, 0.05) is 5.56 Å². The average Bonchev–Trinajstić information content (AvgIpc) is 2.96. The van der Waals surface area contributed by atoms with E-state index in [2.05, 4.69) is 0 Å². The fraction of sp³-hybridized carbons (Fsp3) is 0.238. The first kappa shape index (κ1) is 18.6. The van der Waals surface area contributed by atoms with Crippen LogP contribution in [0.2, 0.25) is 0 Å². The molecule has 2 aromatic rings. The highest BCUT2D eigenvalue weighted by atomic mass is 19.1. The van der Waals surface area contributed by atoms with Gasteiger partial charge in [0.25, 0.3) is 0 Å². The zero-order chi connectivity index (χ0) is 19.6. The van der Waals surface area contributed by atoms with E-state index in [-0.39, 0.29) is 24.0 Å². The number of allylic oxidation sites excluding steroid dienone is 1. The van der Waals surface area contributed by atoms with E-state index in [9.17, 15) is 14.0 Å². The van der Waals surface area contributed by atoms with E-state index in [4.69, 9.17) is 14.2 Å². The van der Waals surface area contributed by atoms with Crippen LogP contribution in [0.1, 0.15) is 35.3 Å². The molecule has 140 valence electrons. The minimum atomic E-state index is -0.784. The number of Topliss-reactive ketones (excluding diaryl/α,β-unsaturated/α-hetero) is 1. The Morgan fingerprint density at radius 2 is 1.93 bits per heavy atom. The molecule has 1 aliphatic rings. The molecular weight excluding hydrogens is 351 g/mol. The van der Waals surface area contributed by atoms with Gasteiger partial charge in [-0.05, 0) is 56.7 Å².